The van der Waals surface area contributed by atoms with E-state index in [0.29, 0.717) is 0 Å². The Kier molecular flexibility index (Phi) is 16.5. The normalized spacial score (nSPS) is 19.4. The molecule has 0 fully saturated rings. The average molecular weight is 449 g/mol. The Bertz CT molecular complexity index is 543. The predicted octanol–water partition coefficient (Wildman–Crippen LogP) is 7.54. The third-order valence-corrected chi connectivity index (χ3v) is 7.19. The molecule has 0 aromatic heterocycles. The van der Waals surface area contributed by atoms with Gasteiger partial charge in [0.05, 0.1) is 13.1 Å². The van der Waals surface area contributed by atoms with Gasteiger partial charge in [-0.3, -0.25) is 9.28 Å². The van der Waals surface area contributed by atoms with Crippen LogP contribution in [0.15, 0.2) is 17.1 Å². The molecule has 1 aliphatic rings. The number of rotatable bonds is 20. The molecule has 2 unspecified atom stereocenters. The summed E-state index contributed by atoms with van der Waals surface area (Å²) in [5.74, 6) is 1.36. The molecule has 0 bridgehead atoms. The molecule has 1 heterocycles. The van der Waals surface area contributed by atoms with Gasteiger partial charge >= 0.3 is 0 Å². The van der Waals surface area contributed by atoms with Crippen LogP contribution in [-0.4, -0.2) is 42.0 Å². The highest BCUT2D eigenvalue weighted by Gasteiger charge is 2.41. The first-order valence-corrected chi connectivity index (χ1v) is 13.9. The van der Waals surface area contributed by atoms with Gasteiger partial charge in [-0.2, -0.15) is 0 Å². The zero-order chi connectivity index (χ0) is 23.5. The van der Waals surface area contributed by atoms with E-state index in [-0.39, 0.29) is 12.1 Å². The summed E-state index contributed by atoms with van der Waals surface area (Å²) in [6.07, 6.45) is 26.3. The molecule has 0 aromatic rings. The fraction of sp³-hybridized carbons (Fsp3) is 0.857. The quantitative estimate of drug-likeness (QED) is 0.117. The molecule has 1 amide bonds. The van der Waals surface area contributed by atoms with E-state index in [1.807, 2.05) is 0 Å². The molecule has 0 saturated heterocycles. The Balaban J connectivity index is 2.02. The van der Waals surface area contributed by atoms with E-state index in [9.17, 15) is 4.79 Å². The van der Waals surface area contributed by atoms with Crippen molar-refractivity contribution >= 4 is 11.7 Å². The van der Waals surface area contributed by atoms with E-state index in [1.54, 1.807) is 6.92 Å². The average Bonchev–Trinajstić information content (AvgIpc) is 3.19. The van der Waals surface area contributed by atoms with Gasteiger partial charge in [0.1, 0.15) is 6.54 Å². The number of allylic oxidation sites excluding steroid dienone is 2. The second-order valence-electron chi connectivity index (χ2n) is 9.79. The van der Waals surface area contributed by atoms with E-state index < -0.39 is 0 Å². The number of amidine groups is 1. The minimum atomic E-state index is 0.0561. The highest BCUT2D eigenvalue weighted by atomic mass is 16.1. The van der Waals surface area contributed by atoms with Crippen molar-refractivity contribution in [2.45, 2.75) is 137 Å². The number of carbonyl (C=O) groups excluding carboxylic acids is 1. The Morgan fingerprint density at radius 1 is 0.906 bits per heavy atom. The van der Waals surface area contributed by atoms with Crippen molar-refractivity contribution < 1.29 is 9.28 Å². The maximum Gasteiger partial charge on any atom is 0.221 e. The maximum absolute atomic E-state index is 11.5. The van der Waals surface area contributed by atoms with Gasteiger partial charge in [0.15, 0.2) is 12.0 Å². The molecule has 1 aliphatic heterocycles. The fourth-order valence-electron chi connectivity index (χ4n) is 5.09. The summed E-state index contributed by atoms with van der Waals surface area (Å²) in [7, 11) is 0. The van der Waals surface area contributed by atoms with E-state index in [1.165, 1.54) is 102 Å². The monoisotopic (exact) mass is 448 g/mol. The summed E-state index contributed by atoms with van der Waals surface area (Å²) >= 11 is 0. The number of amides is 1. The summed E-state index contributed by atoms with van der Waals surface area (Å²) in [6.45, 7) is 11.2. The lowest BCUT2D eigenvalue weighted by Gasteiger charge is -2.39. The van der Waals surface area contributed by atoms with Crippen LogP contribution in [0.25, 0.3) is 0 Å². The molecule has 186 valence electrons. The second kappa shape index (κ2) is 18.3. The molecule has 0 spiro atoms. The fourth-order valence-corrected chi connectivity index (χ4v) is 5.09. The molecule has 2 atom stereocenters. The van der Waals surface area contributed by atoms with Gasteiger partial charge in [-0.1, -0.05) is 83.3 Å². The third-order valence-electron chi connectivity index (χ3n) is 7.19. The van der Waals surface area contributed by atoms with Crippen LogP contribution in [0.1, 0.15) is 130 Å². The summed E-state index contributed by atoms with van der Waals surface area (Å²) in [5, 5.41) is 3.11. The molecule has 32 heavy (non-hydrogen) atoms. The minimum Gasteiger partial charge on any atom is -0.307 e. The largest absolute Gasteiger partial charge is 0.307 e. The molecular formula is C28H54N3O+. The molecular weight excluding hydrogens is 394 g/mol. The number of hydrogen-bond donors (Lipinski definition) is 1. The first kappa shape index (κ1) is 28.9. The number of carbonyl (C=O) groups is 1. The summed E-state index contributed by atoms with van der Waals surface area (Å²) in [6, 6.07) is 0. The number of nitrogens with zero attached hydrogens (tertiary/aromatic N) is 2. The van der Waals surface area contributed by atoms with E-state index in [2.05, 4.69) is 38.2 Å². The Morgan fingerprint density at radius 3 is 1.97 bits per heavy atom. The van der Waals surface area contributed by atoms with Crippen LogP contribution >= 0.6 is 0 Å². The number of unbranched alkanes of at least 4 members (excludes halogenated alkanes) is 13. The van der Waals surface area contributed by atoms with Gasteiger partial charge in [0, 0.05) is 20.3 Å². The summed E-state index contributed by atoms with van der Waals surface area (Å²) in [5.41, 5.74) is 0. The molecule has 0 radical (unpaired) electrons. The summed E-state index contributed by atoms with van der Waals surface area (Å²) < 4.78 is 0.848. The zero-order valence-corrected chi connectivity index (χ0v) is 22.0. The third kappa shape index (κ3) is 11.6. The van der Waals surface area contributed by atoms with Crippen molar-refractivity contribution in [1.29, 1.82) is 0 Å². The maximum atomic E-state index is 11.5. The topological polar surface area (TPSA) is 41.5 Å². The Morgan fingerprint density at radius 2 is 1.44 bits per heavy atom. The molecule has 1 N–H and O–H groups in total. The van der Waals surface area contributed by atoms with Crippen LogP contribution < -0.4 is 5.32 Å². The summed E-state index contributed by atoms with van der Waals surface area (Å²) in [4.78, 5) is 16.4. The van der Waals surface area contributed by atoms with E-state index >= 15 is 0 Å². The predicted molar refractivity (Wildman–Crippen MR) is 140 cm³/mol. The van der Waals surface area contributed by atoms with Crippen molar-refractivity contribution in [3.63, 3.8) is 0 Å². The van der Waals surface area contributed by atoms with E-state index in [0.717, 1.165) is 30.5 Å². The molecule has 4 heteroatoms. The van der Waals surface area contributed by atoms with Crippen LogP contribution in [0.3, 0.4) is 0 Å². The van der Waals surface area contributed by atoms with Crippen LogP contribution in [0.5, 0.6) is 0 Å². The van der Waals surface area contributed by atoms with Crippen LogP contribution in [0.4, 0.5) is 0 Å². The first-order chi connectivity index (χ1) is 15.6. The van der Waals surface area contributed by atoms with Gasteiger partial charge in [0.25, 0.3) is 0 Å². The van der Waals surface area contributed by atoms with E-state index in [4.69, 9.17) is 4.99 Å². The molecule has 0 aliphatic carbocycles. The lowest BCUT2D eigenvalue weighted by molar-refractivity contribution is -0.861. The smallest absolute Gasteiger partial charge is 0.221 e. The van der Waals surface area contributed by atoms with Gasteiger partial charge in [-0.05, 0) is 39.0 Å². The lowest BCUT2D eigenvalue weighted by atomic mass is 10.1. The van der Waals surface area contributed by atoms with Crippen molar-refractivity contribution in [3.8, 4) is 0 Å². The minimum absolute atomic E-state index is 0.0561. The molecule has 1 rings (SSSR count). The van der Waals surface area contributed by atoms with Crippen molar-refractivity contribution in [2.24, 2.45) is 4.99 Å². The molecule has 0 aromatic carbocycles. The van der Waals surface area contributed by atoms with Gasteiger partial charge in [-0.15, -0.1) is 0 Å². The van der Waals surface area contributed by atoms with Crippen molar-refractivity contribution in [1.82, 2.24) is 5.32 Å². The lowest BCUT2D eigenvalue weighted by Crippen LogP contribution is -2.62. The highest BCUT2D eigenvalue weighted by Crippen LogP contribution is 2.23. The second-order valence-corrected chi connectivity index (χ2v) is 9.79. The van der Waals surface area contributed by atoms with Crippen LogP contribution in [0, 0.1) is 0 Å². The van der Waals surface area contributed by atoms with Gasteiger partial charge in [0.2, 0.25) is 5.91 Å². The zero-order valence-electron chi connectivity index (χ0n) is 22.0. The van der Waals surface area contributed by atoms with Gasteiger partial charge < -0.3 is 5.32 Å². The molecule has 4 nitrogen and oxygen atoms in total. The first-order valence-electron chi connectivity index (χ1n) is 13.9. The van der Waals surface area contributed by atoms with Crippen molar-refractivity contribution in [3.05, 3.63) is 12.2 Å². The number of nitrogens with one attached hydrogen (secondary N) is 1. The van der Waals surface area contributed by atoms with Crippen LogP contribution in [0.2, 0.25) is 0 Å². The number of hydrogen-bond acceptors (Lipinski definition) is 2. The SMILES string of the molecule is CCCCCCCCCCC/C=C/CCCCCCC1=NCC[N+]1(CC)C(C)NC(C)=O. The number of likely N-dealkylation sites (N-methyl/N-ethyl adjacent to an activating group) is 1. The molecule has 0 saturated carbocycles. The Labute approximate surface area is 199 Å². The number of aliphatic imine (C=N–C) groups is 1. The van der Waals surface area contributed by atoms with Gasteiger partial charge in [-0.25, -0.2) is 4.99 Å². The Hall–Kier alpha value is -1.16. The van der Waals surface area contributed by atoms with Crippen LogP contribution in [-0.2, 0) is 4.79 Å². The standard InChI is InChI=1S/C28H53N3O/c1-5-7-8-9-10-11-12-13-14-15-16-17-18-19-20-21-22-23-28-29-24-25-31(28,6-2)26(3)30-27(4)32/h16-17,26H,5-15,18-25H2,1-4H3/p+1/b17-16+. The number of quaternary nitrogens is 1. The highest BCUT2D eigenvalue weighted by molar-refractivity contribution is 5.78. The van der Waals surface area contributed by atoms with Crippen molar-refractivity contribution in [2.75, 3.05) is 19.6 Å².